The van der Waals surface area contributed by atoms with Crippen molar-refractivity contribution < 1.29 is 0 Å². The molecule has 0 bridgehead atoms. The highest BCUT2D eigenvalue weighted by molar-refractivity contribution is 9.10. The van der Waals surface area contributed by atoms with Crippen molar-refractivity contribution in [2.45, 2.75) is 32.7 Å². The fraction of sp³-hybridized carbons (Fsp3) is 0.375. The zero-order chi connectivity index (χ0) is 13.7. The van der Waals surface area contributed by atoms with Crippen molar-refractivity contribution in [2.75, 3.05) is 6.54 Å². The van der Waals surface area contributed by atoms with Crippen LogP contribution in [0, 0.1) is 6.92 Å². The third-order valence-electron chi connectivity index (χ3n) is 3.27. The minimum Gasteiger partial charge on any atom is -0.310 e. The Morgan fingerprint density at radius 2 is 2.16 bits per heavy atom. The largest absolute Gasteiger partial charge is 0.310 e. The standard InChI is InChI=1S/C16H20BrNS/c1-3-18-16(14-10-19-11-15(14)17)8-7-13-6-4-5-12(2)9-13/h4-6,9-11,16,18H,3,7-8H2,1-2H3. The number of rotatable bonds is 6. The van der Waals surface area contributed by atoms with Gasteiger partial charge in [-0.2, -0.15) is 11.3 Å². The lowest BCUT2D eigenvalue weighted by Crippen LogP contribution is -2.21. The van der Waals surface area contributed by atoms with Gasteiger partial charge in [-0.1, -0.05) is 36.8 Å². The molecule has 1 aromatic carbocycles. The smallest absolute Gasteiger partial charge is 0.0342 e. The number of aryl methyl sites for hydroxylation is 2. The first-order chi connectivity index (χ1) is 9.20. The van der Waals surface area contributed by atoms with Crippen molar-refractivity contribution in [3.63, 3.8) is 0 Å². The summed E-state index contributed by atoms with van der Waals surface area (Å²) < 4.78 is 1.23. The van der Waals surface area contributed by atoms with Gasteiger partial charge < -0.3 is 5.32 Å². The second-order valence-electron chi connectivity index (χ2n) is 4.81. The molecule has 3 heteroatoms. The lowest BCUT2D eigenvalue weighted by Gasteiger charge is -2.18. The molecule has 0 amide bonds. The molecule has 0 aliphatic rings. The number of hydrogen-bond acceptors (Lipinski definition) is 2. The fourth-order valence-electron chi connectivity index (χ4n) is 2.33. The van der Waals surface area contributed by atoms with E-state index in [4.69, 9.17) is 0 Å². The summed E-state index contributed by atoms with van der Waals surface area (Å²) in [5, 5.41) is 7.99. The molecule has 0 radical (unpaired) electrons. The molecule has 1 nitrogen and oxygen atoms in total. The highest BCUT2D eigenvalue weighted by Gasteiger charge is 2.14. The molecule has 0 aliphatic heterocycles. The number of thiophene rings is 1. The van der Waals surface area contributed by atoms with Crippen molar-refractivity contribution in [3.8, 4) is 0 Å². The van der Waals surface area contributed by atoms with Crippen molar-refractivity contribution in [2.24, 2.45) is 0 Å². The van der Waals surface area contributed by atoms with Crippen LogP contribution in [0.4, 0.5) is 0 Å². The molecule has 2 rings (SSSR count). The molecular formula is C16H20BrNS. The Labute approximate surface area is 128 Å². The number of nitrogens with one attached hydrogen (secondary N) is 1. The highest BCUT2D eigenvalue weighted by Crippen LogP contribution is 2.30. The summed E-state index contributed by atoms with van der Waals surface area (Å²) in [5.41, 5.74) is 4.16. The molecule has 19 heavy (non-hydrogen) atoms. The third kappa shape index (κ3) is 4.16. The number of benzene rings is 1. The molecule has 1 unspecified atom stereocenters. The van der Waals surface area contributed by atoms with Gasteiger partial charge in [-0.3, -0.25) is 0 Å². The Morgan fingerprint density at radius 3 is 2.79 bits per heavy atom. The lowest BCUT2D eigenvalue weighted by molar-refractivity contribution is 0.515. The van der Waals surface area contributed by atoms with Crippen molar-refractivity contribution in [1.82, 2.24) is 5.32 Å². The molecule has 2 aromatic rings. The zero-order valence-corrected chi connectivity index (χ0v) is 13.9. The van der Waals surface area contributed by atoms with E-state index in [9.17, 15) is 0 Å². The summed E-state index contributed by atoms with van der Waals surface area (Å²) in [7, 11) is 0. The average molecular weight is 338 g/mol. The highest BCUT2D eigenvalue weighted by atomic mass is 79.9. The Morgan fingerprint density at radius 1 is 1.32 bits per heavy atom. The summed E-state index contributed by atoms with van der Waals surface area (Å²) in [5.74, 6) is 0. The van der Waals surface area contributed by atoms with E-state index in [1.807, 2.05) is 0 Å². The predicted octanol–water partition coefficient (Wildman–Crippen LogP) is 5.10. The van der Waals surface area contributed by atoms with Crippen molar-refractivity contribution in [3.05, 3.63) is 56.2 Å². The van der Waals surface area contributed by atoms with Gasteiger partial charge in [0.2, 0.25) is 0 Å². The van der Waals surface area contributed by atoms with Crippen LogP contribution in [0.15, 0.2) is 39.5 Å². The molecule has 0 spiro atoms. The van der Waals surface area contributed by atoms with Crippen LogP contribution in [0.2, 0.25) is 0 Å². The van der Waals surface area contributed by atoms with Crippen molar-refractivity contribution in [1.29, 1.82) is 0 Å². The predicted molar refractivity (Wildman–Crippen MR) is 87.9 cm³/mol. The fourth-order valence-corrected chi connectivity index (χ4v) is 3.96. The van der Waals surface area contributed by atoms with Gasteiger partial charge in [-0.25, -0.2) is 0 Å². The van der Waals surface area contributed by atoms with Gasteiger partial charge in [0.1, 0.15) is 0 Å². The molecule has 1 atom stereocenters. The van der Waals surface area contributed by atoms with Crippen molar-refractivity contribution >= 4 is 27.3 Å². The first-order valence-electron chi connectivity index (χ1n) is 6.71. The molecule has 0 aliphatic carbocycles. The van der Waals surface area contributed by atoms with E-state index >= 15 is 0 Å². The second kappa shape index (κ2) is 7.22. The second-order valence-corrected chi connectivity index (χ2v) is 6.41. The minimum atomic E-state index is 0.436. The number of halogens is 1. The zero-order valence-electron chi connectivity index (χ0n) is 11.4. The minimum absolute atomic E-state index is 0.436. The van der Waals surface area contributed by atoms with E-state index < -0.39 is 0 Å². The maximum Gasteiger partial charge on any atom is 0.0342 e. The lowest BCUT2D eigenvalue weighted by atomic mass is 10.00. The average Bonchev–Trinajstić information content (AvgIpc) is 2.81. The van der Waals surface area contributed by atoms with E-state index in [1.54, 1.807) is 11.3 Å². The van der Waals surface area contributed by atoms with E-state index in [-0.39, 0.29) is 0 Å². The normalized spacial score (nSPS) is 12.6. The maximum absolute atomic E-state index is 3.65. The molecule has 0 saturated heterocycles. The Hall–Kier alpha value is -0.640. The van der Waals surface area contributed by atoms with E-state index in [1.165, 1.54) is 21.2 Å². The van der Waals surface area contributed by atoms with Crippen LogP contribution in [-0.2, 0) is 6.42 Å². The van der Waals surface area contributed by atoms with Crippen LogP contribution in [0.1, 0.15) is 36.1 Å². The Kier molecular flexibility index (Phi) is 5.61. The van der Waals surface area contributed by atoms with Gasteiger partial charge in [0.15, 0.2) is 0 Å². The monoisotopic (exact) mass is 337 g/mol. The third-order valence-corrected chi connectivity index (χ3v) is 5.02. The van der Waals surface area contributed by atoms with Crippen LogP contribution in [0.3, 0.4) is 0 Å². The topological polar surface area (TPSA) is 12.0 Å². The molecule has 1 heterocycles. The van der Waals surface area contributed by atoms with Gasteiger partial charge >= 0.3 is 0 Å². The van der Waals surface area contributed by atoms with E-state index in [0.29, 0.717) is 6.04 Å². The summed E-state index contributed by atoms with van der Waals surface area (Å²) in [6.07, 6.45) is 2.24. The first kappa shape index (κ1) is 14.8. The molecule has 0 saturated carbocycles. The quantitative estimate of drug-likeness (QED) is 0.772. The molecule has 0 fully saturated rings. The van der Waals surface area contributed by atoms with Crippen LogP contribution < -0.4 is 5.32 Å². The Balaban J connectivity index is 2.04. The maximum atomic E-state index is 3.65. The van der Waals surface area contributed by atoms with Gasteiger partial charge in [0.25, 0.3) is 0 Å². The van der Waals surface area contributed by atoms with Crippen LogP contribution >= 0.6 is 27.3 Å². The van der Waals surface area contributed by atoms with E-state index in [2.05, 4.69) is 70.1 Å². The molecule has 1 N–H and O–H groups in total. The molecular weight excluding hydrogens is 318 g/mol. The van der Waals surface area contributed by atoms with E-state index in [0.717, 1.165) is 19.4 Å². The molecule has 1 aromatic heterocycles. The van der Waals surface area contributed by atoms with Crippen LogP contribution in [-0.4, -0.2) is 6.54 Å². The summed E-state index contributed by atoms with van der Waals surface area (Å²) >= 11 is 5.40. The van der Waals surface area contributed by atoms with Crippen LogP contribution in [0.5, 0.6) is 0 Å². The SMILES string of the molecule is CCNC(CCc1cccc(C)c1)c1cscc1Br. The molecule has 102 valence electrons. The van der Waals surface area contributed by atoms with Crippen LogP contribution in [0.25, 0.3) is 0 Å². The first-order valence-corrected chi connectivity index (χ1v) is 8.44. The summed E-state index contributed by atoms with van der Waals surface area (Å²) in [4.78, 5) is 0. The van der Waals surface area contributed by atoms with Gasteiger partial charge in [-0.15, -0.1) is 0 Å². The van der Waals surface area contributed by atoms with Gasteiger partial charge in [0.05, 0.1) is 0 Å². The number of hydrogen-bond donors (Lipinski definition) is 1. The summed E-state index contributed by atoms with van der Waals surface area (Å²) in [6, 6.07) is 9.24. The van der Waals surface area contributed by atoms with Gasteiger partial charge in [0, 0.05) is 15.9 Å². The summed E-state index contributed by atoms with van der Waals surface area (Å²) in [6.45, 7) is 5.32. The Bertz CT molecular complexity index is 521. The van der Waals surface area contributed by atoms with Gasteiger partial charge in [-0.05, 0) is 58.7 Å².